The monoisotopic (exact) mass is 263 g/mol. The lowest BCUT2D eigenvalue weighted by molar-refractivity contribution is -0.386. The van der Waals surface area contributed by atoms with Crippen molar-refractivity contribution in [3.8, 4) is 5.75 Å². The van der Waals surface area contributed by atoms with E-state index in [0.29, 0.717) is 11.5 Å². The molecule has 0 saturated heterocycles. The summed E-state index contributed by atoms with van der Waals surface area (Å²) >= 11 is 0. The highest BCUT2D eigenvalue weighted by molar-refractivity contribution is 5.47. The lowest BCUT2D eigenvalue weighted by Gasteiger charge is -2.07. The predicted octanol–water partition coefficient (Wildman–Crippen LogP) is 2.29. The van der Waals surface area contributed by atoms with Gasteiger partial charge in [0.25, 0.3) is 0 Å². The zero-order chi connectivity index (χ0) is 13.8. The molecule has 0 aliphatic rings. The molecule has 0 radical (unpaired) electrons. The van der Waals surface area contributed by atoms with Crippen LogP contribution >= 0.6 is 0 Å². The van der Waals surface area contributed by atoms with Crippen LogP contribution in [0, 0.1) is 15.9 Å². The molecule has 6 nitrogen and oxygen atoms in total. The van der Waals surface area contributed by atoms with Gasteiger partial charge in [0.15, 0.2) is 5.82 Å². The van der Waals surface area contributed by atoms with Gasteiger partial charge in [-0.1, -0.05) is 12.1 Å². The van der Waals surface area contributed by atoms with Crippen LogP contribution in [-0.2, 0) is 6.61 Å². The summed E-state index contributed by atoms with van der Waals surface area (Å²) in [6.07, 6.45) is 0. The molecule has 0 aliphatic heterocycles. The van der Waals surface area contributed by atoms with Crippen LogP contribution in [0.25, 0.3) is 0 Å². The van der Waals surface area contributed by atoms with Gasteiger partial charge in [-0.15, -0.1) is 0 Å². The number of aromatic nitrogens is 1. The highest BCUT2D eigenvalue weighted by Gasteiger charge is 2.19. The van der Waals surface area contributed by atoms with Crippen LogP contribution in [-0.4, -0.2) is 9.91 Å². The summed E-state index contributed by atoms with van der Waals surface area (Å²) in [6.45, 7) is -0.104. The molecule has 0 aliphatic carbocycles. The molecule has 2 aromatic rings. The number of hydrogen-bond donors (Lipinski definition) is 1. The number of rotatable bonds is 4. The van der Waals surface area contributed by atoms with Crippen LogP contribution in [0.3, 0.4) is 0 Å². The molecule has 0 saturated carbocycles. The Balaban J connectivity index is 2.22. The smallest absolute Gasteiger partial charge is 0.314 e. The Hall–Kier alpha value is -2.70. The minimum atomic E-state index is -0.793. The van der Waals surface area contributed by atoms with Gasteiger partial charge in [-0.2, -0.15) is 0 Å². The van der Waals surface area contributed by atoms with Gasteiger partial charge in [-0.25, -0.2) is 9.37 Å². The van der Waals surface area contributed by atoms with E-state index in [-0.39, 0.29) is 6.61 Å². The third-order valence-electron chi connectivity index (χ3n) is 2.34. The number of halogens is 1. The summed E-state index contributed by atoms with van der Waals surface area (Å²) in [5.41, 5.74) is 5.52. The SMILES string of the molecule is Nc1cccc(COc2c(F)cccc2[N+](=O)[O-])n1. The fourth-order valence-corrected chi connectivity index (χ4v) is 1.51. The molecule has 98 valence electrons. The Morgan fingerprint density at radius 2 is 2.05 bits per heavy atom. The van der Waals surface area contributed by atoms with Crippen molar-refractivity contribution in [2.45, 2.75) is 6.61 Å². The number of ether oxygens (including phenoxy) is 1. The molecule has 0 fully saturated rings. The second-order valence-electron chi connectivity index (χ2n) is 3.69. The average molecular weight is 263 g/mol. The van der Waals surface area contributed by atoms with E-state index >= 15 is 0 Å². The Bertz CT molecular complexity index is 619. The number of para-hydroxylation sites is 1. The number of nitrogens with zero attached hydrogens (tertiary/aromatic N) is 2. The largest absolute Gasteiger partial charge is 0.478 e. The second-order valence-corrected chi connectivity index (χ2v) is 3.69. The van der Waals surface area contributed by atoms with Crippen molar-refractivity contribution in [3.63, 3.8) is 0 Å². The van der Waals surface area contributed by atoms with Gasteiger partial charge in [0.05, 0.1) is 10.6 Å². The topological polar surface area (TPSA) is 91.3 Å². The predicted molar refractivity (Wildman–Crippen MR) is 66.0 cm³/mol. The van der Waals surface area contributed by atoms with Crippen LogP contribution in [0.5, 0.6) is 5.75 Å². The van der Waals surface area contributed by atoms with Crippen LogP contribution in [0.15, 0.2) is 36.4 Å². The van der Waals surface area contributed by atoms with Gasteiger partial charge in [0.2, 0.25) is 5.75 Å². The number of nitro groups is 1. The summed E-state index contributed by atoms with van der Waals surface area (Å²) in [5.74, 6) is -0.904. The summed E-state index contributed by atoms with van der Waals surface area (Å²) in [6, 6.07) is 8.40. The summed E-state index contributed by atoms with van der Waals surface area (Å²) in [7, 11) is 0. The van der Waals surface area contributed by atoms with E-state index in [1.807, 2.05) is 0 Å². The zero-order valence-corrected chi connectivity index (χ0v) is 9.75. The van der Waals surface area contributed by atoms with E-state index in [9.17, 15) is 14.5 Å². The molecule has 1 heterocycles. The van der Waals surface area contributed by atoms with Gasteiger partial charge in [0, 0.05) is 6.07 Å². The molecule has 0 amide bonds. The Morgan fingerprint density at radius 3 is 2.74 bits per heavy atom. The van der Waals surface area contributed by atoms with Crippen LogP contribution in [0.1, 0.15) is 5.69 Å². The minimum absolute atomic E-state index is 0.104. The average Bonchev–Trinajstić information content (AvgIpc) is 2.37. The molecule has 1 aromatic heterocycles. The third kappa shape index (κ3) is 2.95. The zero-order valence-electron chi connectivity index (χ0n) is 9.75. The van der Waals surface area contributed by atoms with Gasteiger partial charge in [0.1, 0.15) is 12.4 Å². The maximum atomic E-state index is 13.5. The first-order chi connectivity index (χ1) is 9.08. The third-order valence-corrected chi connectivity index (χ3v) is 2.34. The molecule has 0 unspecified atom stereocenters. The van der Waals surface area contributed by atoms with Crippen molar-refractivity contribution >= 4 is 11.5 Å². The number of nitro benzene ring substituents is 1. The highest BCUT2D eigenvalue weighted by atomic mass is 19.1. The summed E-state index contributed by atoms with van der Waals surface area (Å²) < 4.78 is 18.7. The Morgan fingerprint density at radius 1 is 1.32 bits per heavy atom. The van der Waals surface area contributed by atoms with E-state index < -0.39 is 22.2 Å². The first kappa shape index (κ1) is 12.7. The van der Waals surface area contributed by atoms with Crippen molar-refractivity contribution in [1.29, 1.82) is 0 Å². The molecular formula is C12H10FN3O3. The highest BCUT2D eigenvalue weighted by Crippen LogP contribution is 2.30. The Kier molecular flexibility index (Phi) is 3.56. The fraction of sp³-hybridized carbons (Fsp3) is 0.0833. The molecule has 1 aromatic carbocycles. The van der Waals surface area contributed by atoms with Crippen LogP contribution in [0.4, 0.5) is 15.9 Å². The first-order valence-corrected chi connectivity index (χ1v) is 5.35. The molecule has 19 heavy (non-hydrogen) atoms. The van der Waals surface area contributed by atoms with Gasteiger partial charge < -0.3 is 10.5 Å². The number of hydrogen-bond acceptors (Lipinski definition) is 5. The minimum Gasteiger partial charge on any atom is -0.478 e. The molecular weight excluding hydrogens is 253 g/mol. The molecule has 0 spiro atoms. The molecule has 7 heteroatoms. The van der Waals surface area contributed by atoms with E-state index in [1.165, 1.54) is 12.1 Å². The van der Waals surface area contributed by atoms with Crippen molar-refractivity contribution < 1.29 is 14.1 Å². The van der Waals surface area contributed by atoms with E-state index in [2.05, 4.69) is 4.98 Å². The maximum absolute atomic E-state index is 13.5. The molecule has 2 rings (SSSR count). The van der Waals surface area contributed by atoms with Crippen molar-refractivity contribution in [1.82, 2.24) is 4.98 Å². The van der Waals surface area contributed by atoms with Crippen molar-refractivity contribution in [3.05, 3.63) is 58.0 Å². The van der Waals surface area contributed by atoms with Crippen molar-refractivity contribution in [2.75, 3.05) is 5.73 Å². The number of anilines is 1. The number of benzene rings is 1. The van der Waals surface area contributed by atoms with Crippen LogP contribution in [0.2, 0.25) is 0 Å². The quantitative estimate of drug-likeness (QED) is 0.675. The summed E-state index contributed by atoms with van der Waals surface area (Å²) in [5, 5.41) is 10.8. The standard InChI is InChI=1S/C12H10FN3O3/c13-9-4-2-5-10(16(17)18)12(9)19-7-8-3-1-6-11(14)15-8/h1-6H,7H2,(H2,14,15). The molecule has 2 N–H and O–H groups in total. The summed E-state index contributed by atoms with van der Waals surface area (Å²) in [4.78, 5) is 14.0. The van der Waals surface area contributed by atoms with Crippen molar-refractivity contribution in [2.24, 2.45) is 0 Å². The lowest BCUT2D eigenvalue weighted by atomic mass is 10.3. The lowest BCUT2D eigenvalue weighted by Crippen LogP contribution is -2.03. The van der Waals surface area contributed by atoms with Gasteiger partial charge >= 0.3 is 5.69 Å². The number of nitrogens with two attached hydrogens (primary N) is 1. The first-order valence-electron chi connectivity index (χ1n) is 5.35. The molecule has 0 atom stereocenters. The van der Waals surface area contributed by atoms with Crippen LogP contribution < -0.4 is 10.5 Å². The van der Waals surface area contributed by atoms with E-state index in [1.54, 1.807) is 18.2 Å². The van der Waals surface area contributed by atoms with Gasteiger partial charge in [-0.3, -0.25) is 10.1 Å². The number of pyridine rings is 1. The maximum Gasteiger partial charge on any atom is 0.314 e. The molecule has 0 bridgehead atoms. The Labute approximate surface area is 107 Å². The van der Waals surface area contributed by atoms with Gasteiger partial charge in [-0.05, 0) is 18.2 Å². The van der Waals surface area contributed by atoms with E-state index in [0.717, 1.165) is 6.07 Å². The van der Waals surface area contributed by atoms with E-state index in [4.69, 9.17) is 10.5 Å². The fourth-order valence-electron chi connectivity index (χ4n) is 1.51. The normalized spacial score (nSPS) is 10.2. The number of nitrogen functional groups attached to an aromatic ring is 1. The second kappa shape index (κ2) is 5.30.